The fourth-order valence-corrected chi connectivity index (χ4v) is 4.50. The predicted molar refractivity (Wildman–Crippen MR) is 103 cm³/mol. The lowest BCUT2D eigenvalue weighted by Crippen LogP contribution is -2.38. The Morgan fingerprint density at radius 2 is 2.07 bits per heavy atom. The Bertz CT molecular complexity index is 927. The Balaban J connectivity index is 1.53. The highest BCUT2D eigenvalue weighted by Crippen LogP contribution is 2.44. The van der Waals surface area contributed by atoms with Gasteiger partial charge in [0.05, 0.1) is 12.5 Å². The molecule has 4 rings (SSSR count). The zero-order valence-electron chi connectivity index (χ0n) is 15.9. The fraction of sp³-hybridized carbons (Fsp3) is 0.364. The van der Waals surface area contributed by atoms with Crippen molar-refractivity contribution in [3.63, 3.8) is 0 Å². The molecule has 2 amide bonds. The van der Waals surface area contributed by atoms with E-state index in [1.54, 1.807) is 24.7 Å². The van der Waals surface area contributed by atoms with Gasteiger partial charge in [0.25, 0.3) is 5.91 Å². The minimum absolute atomic E-state index is 0.193. The molecule has 1 saturated heterocycles. The normalized spacial score (nSPS) is 20.9. The molecule has 2 aliphatic rings. The number of methoxy groups -OCH3 is 1. The number of hydrogen-bond acceptors (Lipinski definition) is 4. The Morgan fingerprint density at radius 3 is 2.86 bits per heavy atom. The molecule has 1 unspecified atom stereocenters. The number of nitrogens with zero attached hydrogens (tertiary/aromatic N) is 1. The van der Waals surface area contributed by atoms with Crippen molar-refractivity contribution in [2.24, 2.45) is 5.41 Å². The number of amides is 2. The van der Waals surface area contributed by atoms with Crippen molar-refractivity contribution in [3.8, 4) is 5.75 Å². The Hall–Kier alpha value is -2.86. The molecule has 1 aliphatic carbocycles. The van der Waals surface area contributed by atoms with Crippen molar-refractivity contribution >= 4 is 11.8 Å². The van der Waals surface area contributed by atoms with Crippen LogP contribution in [-0.2, 0) is 24.2 Å². The summed E-state index contributed by atoms with van der Waals surface area (Å²) in [5.74, 6) is 0.456. The fourth-order valence-electron chi connectivity index (χ4n) is 4.50. The number of hydrogen-bond donors (Lipinski definition) is 2. The van der Waals surface area contributed by atoms with Crippen molar-refractivity contribution in [1.29, 1.82) is 0 Å². The van der Waals surface area contributed by atoms with Crippen LogP contribution in [0.2, 0.25) is 0 Å². The minimum atomic E-state index is -0.528. The van der Waals surface area contributed by atoms with Gasteiger partial charge in [-0.2, -0.15) is 0 Å². The van der Waals surface area contributed by atoms with Gasteiger partial charge >= 0.3 is 0 Å². The lowest BCUT2D eigenvalue weighted by atomic mass is 9.70. The predicted octanol–water partition coefficient (Wildman–Crippen LogP) is 2.72. The van der Waals surface area contributed by atoms with E-state index >= 15 is 0 Å². The molecule has 0 saturated carbocycles. The van der Waals surface area contributed by atoms with Crippen LogP contribution in [0.4, 0.5) is 0 Å². The molecule has 2 N–H and O–H groups in total. The van der Waals surface area contributed by atoms with Crippen molar-refractivity contribution in [3.05, 3.63) is 64.7 Å². The zero-order valence-corrected chi connectivity index (χ0v) is 15.9. The highest BCUT2D eigenvalue weighted by atomic mass is 16.5. The van der Waals surface area contributed by atoms with Crippen LogP contribution in [0.3, 0.4) is 0 Å². The third-order valence-corrected chi connectivity index (χ3v) is 6.08. The van der Waals surface area contributed by atoms with E-state index in [2.05, 4.69) is 0 Å². The van der Waals surface area contributed by atoms with Gasteiger partial charge in [0.2, 0.25) is 5.91 Å². The number of ether oxygens (including phenoxy) is 1. The van der Waals surface area contributed by atoms with Crippen molar-refractivity contribution in [2.75, 3.05) is 13.7 Å². The van der Waals surface area contributed by atoms with Crippen LogP contribution in [0, 0.1) is 5.41 Å². The third kappa shape index (κ3) is 3.24. The summed E-state index contributed by atoms with van der Waals surface area (Å²) in [6.45, 7) is 1.32. The molecule has 1 spiro atoms. The molecular formula is C22H24N2O4. The number of nitrogens with one attached hydrogen (secondary N) is 1. The monoisotopic (exact) mass is 380 g/mol. The number of fused-ring (bicyclic) bond motifs is 1. The summed E-state index contributed by atoms with van der Waals surface area (Å²) in [5.41, 5.74) is 4.97. The number of rotatable bonds is 4. The first-order chi connectivity index (χ1) is 13.5. The molecule has 0 radical (unpaired) electrons. The second kappa shape index (κ2) is 7.28. The van der Waals surface area contributed by atoms with Crippen LogP contribution in [0.15, 0.2) is 42.5 Å². The van der Waals surface area contributed by atoms with Crippen molar-refractivity contribution in [1.82, 2.24) is 10.4 Å². The lowest BCUT2D eigenvalue weighted by Gasteiger charge is -2.33. The van der Waals surface area contributed by atoms with Gasteiger partial charge in [0.1, 0.15) is 5.75 Å². The Kier molecular flexibility index (Phi) is 4.81. The maximum absolute atomic E-state index is 13.3. The van der Waals surface area contributed by atoms with Gasteiger partial charge in [-0.05, 0) is 66.6 Å². The lowest BCUT2D eigenvalue weighted by molar-refractivity contribution is -0.137. The quantitative estimate of drug-likeness (QED) is 0.631. The van der Waals surface area contributed by atoms with Gasteiger partial charge in [-0.1, -0.05) is 18.2 Å². The second-order valence-corrected chi connectivity index (χ2v) is 7.71. The summed E-state index contributed by atoms with van der Waals surface area (Å²) >= 11 is 0. The summed E-state index contributed by atoms with van der Waals surface area (Å²) in [7, 11) is 1.64. The zero-order chi connectivity index (χ0) is 19.7. The van der Waals surface area contributed by atoms with Crippen LogP contribution >= 0.6 is 0 Å². The van der Waals surface area contributed by atoms with Gasteiger partial charge in [-0.3, -0.25) is 14.8 Å². The first-order valence-corrected chi connectivity index (χ1v) is 9.53. The molecule has 28 heavy (non-hydrogen) atoms. The summed E-state index contributed by atoms with van der Waals surface area (Å²) < 4.78 is 5.28. The molecule has 2 aromatic carbocycles. The summed E-state index contributed by atoms with van der Waals surface area (Å²) in [6.07, 6.45) is 3.13. The number of carbonyl (C=O) groups is 2. The van der Waals surface area contributed by atoms with Gasteiger partial charge in [0.15, 0.2) is 0 Å². The molecule has 146 valence electrons. The standard InChI is InChI=1S/C22H24N2O4/c1-28-19-4-2-3-15(11-19)14-24-10-9-22(21(24)26)8-7-16-5-6-17(20(25)23-27)12-18(16)13-22/h2-6,11-12,27H,7-10,13-14H2,1H3,(H,23,25). The summed E-state index contributed by atoms with van der Waals surface area (Å²) in [4.78, 5) is 27.0. The van der Waals surface area contributed by atoms with Crippen molar-refractivity contribution in [2.45, 2.75) is 32.2 Å². The SMILES string of the molecule is COc1cccc(CN2CCC3(CCc4ccc(C(=O)NO)cc4C3)C2=O)c1. The van der Waals surface area contributed by atoms with Crippen LogP contribution < -0.4 is 10.2 Å². The van der Waals surface area contributed by atoms with E-state index in [0.29, 0.717) is 18.5 Å². The Morgan fingerprint density at radius 1 is 1.21 bits per heavy atom. The molecule has 6 heteroatoms. The molecule has 1 atom stereocenters. The molecule has 6 nitrogen and oxygen atoms in total. The molecule has 0 bridgehead atoms. The molecule has 2 aromatic rings. The topological polar surface area (TPSA) is 78.9 Å². The van der Waals surface area contributed by atoms with E-state index in [1.165, 1.54) is 5.56 Å². The number of carbonyl (C=O) groups excluding carboxylic acids is 2. The number of hydroxylamine groups is 1. The summed E-state index contributed by atoms with van der Waals surface area (Å²) in [5, 5.41) is 8.88. The number of aryl methyl sites for hydroxylation is 1. The van der Waals surface area contributed by atoms with Crippen LogP contribution in [0.25, 0.3) is 0 Å². The van der Waals surface area contributed by atoms with E-state index in [9.17, 15) is 9.59 Å². The first-order valence-electron chi connectivity index (χ1n) is 9.53. The largest absolute Gasteiger partial charge is 0.497 e. The van der Waals surface area contributed by atoms with Crippen LogP contribution in [0.5, 0.6) is 5.75 Å². The van der Waals surface area contributed by atoms with Gasteiger partial charge in [-0.15, -0.1) is 0 Å². The van der Waals surface area contributed by atoms with Gasteiger partial charge in [0, 0.05) is 18.7 Å². The van der Waals surface area contributed by atoms with E-state index in [0.717, 1.165) is 42.7 Å². The molecule has 1 aliphatic heterocycles. The molecular weight excluding hydrogens is 356 g/mol. The molecule has 1 fully saturated rings. The van der Waals surface area contributed by atoms with E-state index in [-0.39, 0.29) is 11.3 Å². The average Bonchev–Trinajstić information content (AvgIpc) is 3.02. The van der Waals surface area contributed by atoms with E-state index in [1.807, 2.05) is 35.2 Å². The number of likely N-dealkylation sites (tertiary alicyclic amines) is 1. The third-order valence-electron chi connectivity index (χ3n) is 6.08. The first kappa shape index (κ1) is 18.5. The van der Waals surface area contributed by atoms with Crippen LogP contribution in [0.1, 0.15) is 39.9 Å². The minimum Gasteiger partial charge on any atom is -0.497 e. The van der Waals surface area contributed by atoms with Gasteiger partial charge in [-0.25, -0.2) is 5.48 Å². The highest BCUT2D eigenvalue weighted by Gasteiger charge is 2.48. The van der Waals surface area contributed by atoms with E-state index in [4.69, 9.17) is 9.94 Å². The van der Waals surface area contributed by atoms with E-state index < -0.39 is 5.91 Å². The van der Waals surface area contributed by atoms with Crippen LogP contribution in [-0.4, -0.2) is 35.6 Å². The van der Waals surface area contributed by atoms with Gasteiger partial charge < -0.3 is 9.64 Å². The molecule has 1 heterocycles. The smallest absolute Gasteiger partial charge is 0.274 e. The summed E-state index contributed by atoms with van der Waals surface area (Å²) in [6, 6.07) is 13.3. The molecule has 0 aromatic heterocycles. The Labute approximate surface area is 164 Å². The maximum Gasteiger partial charge on any atom is 0.274 e. The maximum atomic E-state index is 13.3. The van der Waals surface area contributed by atoms with Crippen molar-refractivity contribution < 1.29 is 19.5 Å². The average molecular weight is 380 g/mol. The number of benzene rings is 2. The highest BCUT2D eigenvalue weighted by molar-refractivity contribution is 5.93. The second-order valence-electron chi connectivity index (χ2n) is 7.71.